The lowest BCUT2D eigenvalue weighted by Crippen LogP contribution is -2.15. The minimum absolute atomic E-state index is 0.0290. The average molecular weight is 369 g/mol. The van der Waals surface area contributed by atoms with E-state index in [4.69, 9.17) is 5.11 Å². The van der Waals surface area contributed by atoms with Crippen molar-refractivity contribution < 1.29 is 18.3 Å². The molecule has 0 radical (unpaired) electrons. The first-order valence-electron chi connectivity index (χ1n) is 5.17. The maximum Gasteiger partial charge on any atom is 0.352 e. The summed E-state index contributed by atoms with van der Waals surface area (Å²) in [5.41, 5.74) is 0.221. The fraction of sp³-hybridized carbons (Fsp3) is 0.500. The van der Waals surface area contributed by atoms with Gasteiger partial charge in [-0.15, -0.1) is 0 Å². The van der Waals surface area contributed by atoms with Gasteiger partial charge in [0, 0.05) is 16.3 Å². The molecule has 7 heteroatoms. The molecule has 5 nitrogen and oxygen atoms in total. The van der Waals surface area contributed by atoms with Crippen LogP contribution in [0, 0.1) is 9.49 Å². The molecule has 1 atom stereocenters. The predicted molar refractivity (Wildman–Crippen MR) is 70.9 cm³/mol. The van der Waals surface area contributed by atoms with Crippen molar-refractivity contribution in [2.75, 3.05) is 11.5 Å². The van der Waals surface area contributed by atoms with E-state index in [1.165, 1.54) is 0 Å². The number of nitrogens with zero attached hydrogens (tertiary/aromatic N) is 1. The van der Waals surface area contributed by atoms with Crippen LogP contribution in [0.25, 0.3) is 0 Å². The van der Waals surface area contributed by atoms with Gasteiger partial charge in [-0.1, -0.05) is 0 Å². The van der Waals surface area contributed by atoms with Gasteiger partial charge in [0.1, 0.15) is 5.69 Å². The van der Waals surface area contributed by atoms with Gasteiger partial charge in [-0.25, -0.2) is 13.2 Å². The Hall–Kier alpha value is -0.570. The molecule has 94 valence electrons. The number of halogens is 1. The standard InChI is InChI=1S/C10H12INO4S/c11-8-3-9(10(13)14)12(5-8)4-7-1-2-17(15,16)6-7/h3,5,7H,1-2,4,6H2,(H,13,14). The molecule has 0 amide bonds. The fourth-order valence-corrected chi connectivity index (χ4v) is 4.58. The average Bonchev–Trinajstić information content (AvgIpc) is 2.70. The lowest BCUT2D eigenvalue weighted by Gasteiger charge is -2.10. The molecule has 1 aliphatic rings. The Morgan fingerprint density at radius 1 is 1.59 bits per heavy atom. The van der Waals surface area contributed by atoms with Crippen molar-refractivity contribution >= 4 is 38.4 Å². The van der Waals surface area contributed by atoms with Gasteiger partial charge in [-0.05, 0) is 41.0 Å². The van der Waals surface area contributed by atoms with Crippen LogP contribution in [-0.4, -0.2) is 35.6 Å². The van der Waals surface area contributed by atoms with Gasteiger partial charge in [-0.2, -0.15) is 0 Å². The maximum absolute atomic E-state index is 11.3. The van der Waals surface area contributed by atoms with Crippen molar-refractivity contribution in [1.82, 2.24) is 4.57 Å². The monoisotopic (exact) mass is 369 g/mol. The fourth-order valence-electron chi connectivity index (χ4n) is 2.10. The van der Waals surface area contributed by atoms with Crippen molar-refractivity contribution in [3.63, 3.8) is 0 Å². The first-order chi connectivity index (χ1) is 7.87. The second kappa shape index (κ2) is 4.60. The third-order valence-corrected chi connectivity index (χ3v) is 5.29. The smallest absolute Gasteiger partial charge is 0.352 e. The topological polar surface area (TPSA) is 76.4 Å². The Morgan fingerprint density at radius 2 is 2.29 bits per heavy atom. The summed E-state index contributed by atoms with van der Waals surface area (Å²) < 4.78 is 25.1. The Kier molecular flexibility index (Phi) is 3.48. The van der Waals surface area contributed by atoms with E-state index in [1.807, 2.05) is 0 Å². The highest BCUT2D eigenvalue weighted by atomic mass is 127. The number of carboxylic acid groups (broad SMARTS) is 1. The van der Waals surface area contributed by atoms with Gasteiger partial charge >= 0.3 is 5.97 Å². The SMILES string of the molecule is O=C(O)c1cc(I)cn1CC1CCS(=O)(=O)C1. The number of sulfone groups is 1. The number of aromatic nitrogens is 1. The quantitative estimate of drug-likeness (QED) is 0.814. The first-order valence-corrected chi connectivity index (χ1v) is 8.07. The van der Waals surface area contributed by atoms with Crippen molar-refractivity contribution in [3.8, 4) is 0 Å². The highest BCUT2D eigenvalue weighted by Crippen LogP contribution is 2.22. The van der Waals surface area contributed by atoms with Crippen LogP contribution in [0.5, 0.6) is 0 Å². The lowest BCUT2D eigenvalue weighted by molar-refractivity contribution is 0.0684. The van der Waals surface area contributed by atoms with E-state index in [1.54, 1.807) is 16.8 Å². The molecule has 2 rings (SSSR count). The zero-order valence-electron chi connectivity index (χ0n) is 8.97. The summed E-state index contributed by atoms with van der Waals surface area (Å²) in [5, 5.41) is 9.01. The number of hydrogen-bond donors (Lipinski definition) is 1. The number of carboxylic acids is 1. The zero-order valence-corrected chi connectivity index (χ0v) is 11.9. The van der Waals surface area contributed by atoms with Gasteiger partial charge in [0.2, 0.25) is 0 Å². The summed E-state index contributed by atoms with van der Waals surface area (Å²) in [5.74, 6) is -0.561. The van der Waals surface area contributed by atoms with Crippen molar-refractivity contribution in [2.24, 2.45) is 5.92 Å². The third-order valence-electron chi connectivity index (χ3n) is 2.86. The van der Waals surface area contributed by atoms with E-state index in [9.17, 15) is 13.2 Å². The van der Waals surface area contributed by atoms with Crippen LogP contribution in [0.15, 0.2) is 12.3 Å². The molecule has 0 aliphatic carbocycles. The van der Waals surface area contributed by atoms with Crippen molar-refractivity contribution in [2.45, 2.75) is 13.0 Å². The minimum atomic E-state index is -2.90. The molecule has 1 unspecified atom stereocenters. The van der Waals surface area contributed by atoms with E-state index in [-0.39, 0.29) is 23.1 Å². The second-order valence-corrected chi connectivity index (χ2v) is 7.74. The van der Waals surface area contributed by atoms with E-state index >= 15 is 0 Å². The molecule has 0 spiro atoms. The van der Waals surface area contributed by atoms with Gasteiger partial charge < -0.3 is 9.67 Å². The molecular formula is C10H12INO4S. The maximum atomic E-state index is 11.3. The van der Waals surface area contributed by atoms with Crippen molar-refractivity contribution in [1.29, 1.82) is 0 Å². The Labute approximate surface area is 113 Å². The summed E-state index contributed by atoms with van der Waals surface area (Å²) in [6.07, 6.45) is 2.37. The molecule has 1 saturated heterocycles. The van der Waals surface area contributed by atoms with Crippen molar-refractivity contribution in [3.05, 3.63) is 21.5 Å². The highest BCUT2D eigenvalue weighted by Gasteiger charge is 2.28. The van der Waals surface area contributed by atoms with E-state index in [2.05, 4.69) is 22.6 Å². The van der Waals surface area contributed by atoms with E-state index in [0.29, 0.717) is 13.0 Å². The number of hydrogen-bond acceptors (Lipinski definition) is 3. The van der Waals surface area contributed by atoms with Crippen LogP contribution in [0.1, 0.15) is 16.9 Å². The minimum Gasteiger partial charge on any atom is -0.477 e. The number of carbonyl (C=O) groups is 1. The Bertz CT molecular complexity index is 549. The largest absolute Gasteiger partial charge is 0.477 e. The molecule has 0 bridgehead atoms. The summed E-state index contributed by atoms with van der Waals surface area (Å²) in [6.45, 7) is 0.462. The molecular weight excluding hydrogens is 357 g/mol. The van der Waals surface area contributed by atoms with Gasteiger partial charge in [0.25, 0.3) is 0 Å². The molecule has 1 aromatic heterocycles. The lowest BCUT2D eigenvalue weighted by atomic mass is 10.1. The summed E-state index contributed by atoms with van der Waals surface area (Å²) >= 11 is 2.05. The van der Waals surface area contributed by atoms with Crippen LogP contribution in [0.2, 0.25) is 0 Å². The molecule has 1 fully saturated rings. The van der Waals surface area contributed by atoms with Crippen LogP contribution in [0.3, 0.4) is 0 Å². The van der Waals surface area contributed by atoms with Gasteiger partial charge in [0.15, 0.2) is 9.84 Å². The number of rotatable bonds is 3. The Morgan fingerprint density at radius 3 is 2.82 bits per heavy atom. The van der Waals surface area contributed by atoms with E-state index in [0.717, 1.165) is 3.57 Å². The molecule has 17 heavy (non-hydrogen) atoms. The first kappa shape index (κ1) is 12.9. The molecule has 1 aromatic rings. The molecule has 2 heterocycles. The molecule has 1 N–H and O–H groups in total. The second-order valence-electron chi connectivity index (χ2n) is 4.27. The van der Waals surface area contributed by atoms with Crippen LogP contribution in [0.4, 0.5) is 0 Å². The Balaban J connectivity index is 2.17. The van der Waals surface area contributed by atoms with E-state index < -0.39 is 15.8 Å². The summed E-state index contributed by atoms with van der Waals surface area (Å²) in [4.78, 5) is 11.0. The van der Waals surface area contributed by atoms with Crippen LogP contribution >= 0.6 is 22.6 Å². The van der Waals surface area contributed by atoms with Gasteiger partial charge in [-0.3, -0.25) is 0 Å². The number of aromatic carboxylic acids is 1. The van der Waals surface area contributed by atoms with Gasteiger partial charge in [0.05, 0.1) is 11.5 Å². The molecule has 1 aliphatic heterocycles. The molecule has 0 aromatic carbocycles. The van der Waals surface area contributed by atoms with Crippen LogP contribution in [-0.2, 0) is 16.4 Å². The summed E-state index contributed by atoms with van der Waals surface area (Å²) in [6, 6.07) is 1.59. The normalized spacial score (nSPS) is 22.8. The predicted octanol–water partition coefficient (Wildman–Crippen LogP) is 1.23. The molecule has 0 saturated carbocycles. The highest BCUT2D eigenvalue weighted by molar-refractivity contribution is 14.1. The summed E-state index contributed by atoms with van der Waals surface area (Å²) in [7, 11) is -2.90. The van der Waals surface area contributed by atoms with Crippen LogP contribution < -0.4 is 0 Å². The zero-order chi connectivity index (χ0) is 12.6. The third kappa shape index (κ3) is 3.01.